The van der Waals surface area contributed by atoms with Gasteiger partial charge in [-0.15, -0.1) is 11.3 Å². The van der Waals surface area contributed by atoms with Gasteiger partial charge >= 0.3 is 17.9 Å². The quantitative estimate of drug-likeness (QED) is 0.614. The number of hydrogen-bond donors (Lipinski definition) is 3. The number of pyridine rings is 2. The second-order valence-corrected chi connectivity index (χ2v) is 5.97. The molecule has 3 heterocycles. The lowest BCUT2D eigenvalue weighted by molar-refractivity contribution is 0.0686. The van der Waals surface area contributed by atoms with Crippen LogP contribution in [-0.4, -0.2) is 48.2 Å². The van der Waals surface area contributed by atoms with Crippen molar-refractivity contribution in [1.29, 1.82) is 0 Å². The molecular formula is C16H9N3O6S. The average Bonchev–Trinajstić information content (AvgIpc) is 3.07. The molecule has 3 N–H and O–H groups in total. The fraction of sp³-hybridized carbons (Fsp3) is 0. The van der Waals surface area contributed by atoms with Gasteiger partial charge in [-0.3, -0.25) is 9.97 Å². The first-order chi connectivity index (χ1) is 12.4. The van der Waals surface area contributed by atoms with Crippen molar-refractivity contribution in [2.75, 3.05) is 0 Å². The number of aromatic carboxylic acids is 3. The van der Waals surface area contributed by atoms with Crippen LogP contribution in [0.1, 0.15) is 30.4 Å². The van der Waals surface area contributed by atoms with Crippen LogP contribution in [-0.2, 0) is 0 Å². The van der Waals surface area contributed by atoms with E-state index in [4.69, 9.17) is 10.2 Å². The molecular weight excluding hydrogens is 362 g/mol. The van der Waals surface area contributed by atoms with Crippen molar-refractivity contribution in [3.05, 3.63) is 52.7 Å². The van der Waals surface area contributed by atoms with E-state index in [2.05, 4.69) is 15.0 Å². The smallest absolute Gasteiger partial charge is 0.348 e. The van der Waals surface area contributed by atoms with Crippen molar-refractivity contribution in [3.8, 4) is 22.1 Å². The van der Waals surface area contributed by atoms with Crippen molar-refractivity contribution in [3.63, 3.8) is 0 Å². The van der Waals surface area contributed by atoms with Gasteiger partial charge in [0.1, 0.15) is 15.6 Å². The summed E-state index contributed by atoms with van der Waals surface area (Å²) in [6.45, 7) is 0. The number of nitrogens with zero attached hydrogens (tertiary/aromatic N) is 3. The molecule has 0 saturated heterocycles. The lowest BCUT2D eigenvalue weighted by Gasteiger charge is -2.00. The molecule has 10 heteroatoms. The van der Waals surface area contributed by atoms with E-state index in [1.165, 1.54) is 36.7 Å². The Labute approximate surface area is 149 Å². The van der Waals surface area contributed by atoms with Crippen molar-refractivity contribution >= 4 is 29.2 Å². The molecule has 0 radical (unpaired) electrons. The van der Waals surface area contributed by atoms with E-state index in [1.54, 1.807) is 0 Å². The van der Waals surface area contributed by atoms with E-state index in [0.717, 1.165) is 11.3 Å². The second-order valence-electron chi connectivity index (χ2n) is 4.97. The summed E-state index contributed by atoms with van der Waals surface area (Å²) in [4.78, 5) is 45.8. The molecule has 3 rings (SSSR count). The minimum atomic E-state index is -1.26. The van der Waals surface area contributed by atoms with Gasteiger partial charge in [-0.1, -0.05) is 0 Å². The summed E-state index contributed by atoms with van der Waals surface area (Å²) in [7, 11) is 0. The van der Waals surface area contributed by atoms with Crippen LogP contribution in [0.4, 0.5) is 0 Å². The summed E-state index contributed by atoms with van der Waals surface area (Å²) >= 11 is 0.797. The number of carboxylic acid groups (broad SMARTS) is 3. The molecule has 0 aliphatic heterocycles. The molecule has 0 atom stereocenters. The number of aromatic nitrogens is 3. The normalized spacial score (nSPS) is 10.5. The molecule has 3 aromatic rings. The van der Waals surface area contributed by atoms with Crippen molar-refractivity contribution in [2.45, 2.75) is 0 Å². The van der Waals surface area contributed by atoms with Gasteiger partial charge in [0.2, 0.25) is 0 Å². The topological polar surface area (TPSA) is 151 Å². The molecule has 0 amide bonds. The van der Waals surface area contributed by atoms with Crippen LogP contribution >= 0.6 is 11.3 Å². The Bertz CT molecular complexity index is 1050. The lowest BCUT2D eigenvalue weighted by atomic mass is 10.2. The van der Waals surface area contributed by atoms with Gasteiger partial charge in [0, 0.05) is 12.4 Å². The van der Waals surface area contributed by atoms with E-state index < -0.39 is 17.9 Å². The van der Waals surface area contributed by atoms with Crippen molar-refractivity contribution < 1.29 is 29.7 Å². The summed E-state index contributed by atoms with van der Waals surface area (Å²) in [5, 5.41) is 27.7. The zero-order valence-electron chi connectivity index (χ0n) is 12.8. The van der Waals surface area contributed by atoms with Crippen LogP contribution in [0.5, 0.6) is 0 Å². The Morgan fingerprint density at radius 1 is 0.808 bits per heavy atom. The fourth-order valence-corrected chi connectivity index (χ4v) is 3.00. The predicted molar refractivity (Wildman–Crippen MR) is 89.5 cm³/mol. The minimum absolute atomic E-state index is 0.0110. The van der Waals surface area contributed by atoms with Crippen LogP contribution in [0, 0.1) is 0 Å². The first kappa shape index (κ1) is 17.2. The molecule has 0 saturated carbocycles. The van der Waals surface area contributed by atoms with E-state index in [9.17, 15) is 19.5 Å². The van der Waals surface area contributed by atoms with Gasteiger partial charge < -0.3 is 15.3 Å². The predicted octanol–water partition coefficient (Wildman–Crippen LogP) is 2.36. The third-order valence-corrected chi connectivity index (χ3v) is 4.36. The van der Waals surface area contributed by atoms with Crippen LogP contribution in [0.3, 0.4) is 0 Å². The number of hydrogen-bond acceptors (Lipinski definition) is 7. The largest absolute Gasteiger partial charge is 0.478 e. The maximum absolute atomic E-state index is 11.5. The summed E-state index contributed by atoms with van der Waals surface area (Å²) in [6, 6.07) is 5.07. The maximum atomic E-state index is 11.5. The minimum Gasteiger partial charge on any atom is -0.478 e. The van der Waals surface area contributed by atoms with Crippen LogP contribution in [0.15, 0.2) is 36.7 Å². The zero-order valence-corrected chi connectivity index (χ0v) is 13.6. The lowest BCUT2D eigenvalue weighted by Crippen LogP contribution is -2.00. The summed E-state index contributed by atoms with van der Waals surface area (Å²) in [5.74, 6) is -3.60. The Morgan fingerprint density at radius 3 is 1.88 bits per heavy atom. The van der Waals surface area contributed by atoms with Gasteiger partial charge in [-0.05, 0) is 24.3 Å². The number of rotatable bonds is 5. The molecule has 0 bridgehead atoms. The number of carboxylic acids is 3. The summed E-state index contributed by atoms with van der Waals surface area (Å²) in [6.07, 6.45) is 2.52. The Hall–Kier alpha value is -3.66. The highest BCUT2D eigenvalue weighted by molar-refractivity contribution is 7.17. The maximum Gasteiger partial charge on any atom is 0.348 e. The molecule has 0 spiro atoms. The van der Waals surface area contributed by atoms with E-state index in [0.29, 0.717) is 0 Å². The van der Waals surface area contributed by atoms with Gasteiger partial charge in [-0.25, -0.2) is 19.4 Å². The standard InChI is InChI=1S/C16H9N3O6S/c20-14(21)7-1-3-17-9(5-7)11-12(16(24)25)26-13(19-11)10-6-8(15(22)23)2-4-18-10/h1-6H,(H,20,21)(H,22,23)(H,24,25). The highest BCUT2D eigenvalue weighted by Gasteiger charge is 2.22. The monoisotopic (exact) mass is 371 g/mol. The van der Waals surface area contributed by atoms with Gasteiger partial charge in [0.25, 0.3) is 0 Å². The molecule has 130 valence electrons. The molecule has 0 fully saturated rings. The average molecular weight is 371 g/mol. The third-order valence-electron chi connectivity index (χ3n) is 3.30. The molecule has 0 aromatic carbocycles. The summed E-state index contributed by atoms with van der Waals surface area (Å²) < 4.78 is 0. The van der Waals surface area contributed by atoms with E-state index in [-0.39, 0.29) is 38.1 Å². The Kier molecular flexibility index (Phi) is 4.42. The number of carbonyl (C=O) groups is 3. The van der Waals surface area contributed by atoms with Crippen LogP contribution in [0.25, 0.3) is 22.1 Å². The molecule has 26 heavy (non-hydrogen) atoms. The molecule has 0 unspecified atom stereocenters. The van der Waals surface area contributed by atoms with Crippen LogP contribution < -0.4 is 0 Å². The molecule has 0 aliphatic rings. The van der Waals surface area contributed by atoms with E-state index >= 15 is 0 Å². The highest BCUT2D eigenvalue weighted by atomic mass is 32.1. The van der Waals surface area contributed by atoms with Gasteiger partial charge in [-0.2, -0.15) is 0 Å². The van der Waals surface area contributed by atoms with E-state index in [1.807, 2.05) is 0 Å². The summed E-state index contributed by atoms with van der Waals surface area (Å²) in [5.41, 5.74) is 0.182. The van der Waals surface area contributed by atoms with Gasteiger partial charge in [0.05, 0.1) is 22.5 Å². The highest BCUT2D eigenvalue weighted by Crippen LogP contribution is 2.32. The fourth-order valence-electron chi connectivity index (χ4n) is 2.12. The SMILES string of the molecule is O=C(O)c1ccnc(-c2nc(-c3cc(C(=O)O)ccn3)c(C(=O)O)s2)c1. The molecule has 9 nitrogen and oxygen atoms in total. The Balaban J connectivity index is 2.15. The van der Waals surface area contributed by atoms with Crippen molar-refractivity contribution in [1.82, 2.24) is 15.0 Å². The first-order valence-electron chi connectivity index (χ1n) is 7.00. The zero-order chi connectivity index (χ0) is 18.8. The third kappa shape index (κ3) is 3.26. The molecule has 0 aliphatic carbocycles. The first-order valence-corrected chi connectivity index (χ1v) is 7.82. The van der Waals surface area contributed by atoms with Gasteiger partial charge in [0.15, 0.2) is 0 Å². The van der Waals surface area contributed by atoms with Crippen molar-refractivity contribution in [2.24, 2.45) is 0 Å². The molecule has 3 aromatic heterocycles. The van der Waals surface area contributed by atoms with Crippen LogP contribution in [0.2, 0.25) is 0 Å². The number of thiazole rings is 1. The second kappa shape index (κ2) is 6.69. The Morgan fingerprint density at radius 2 is 1.35 bits per heavy atom.